The van der Waals surface area contributed by atoms with Crippen LogP contribution >= 0.6 is 0 Å². The van der Waals surface area contributed by atoms with Crippen molar-refractivity contribution in [2.24, 2.45) is 17.8 Å². The molecule has 0 unspecified atom stereocenters. The Bertz CT molecular complexity index is 590. The van der Waals surface area contributed by atoms with Crippen molar-refractivity contribution < 1.29 is 13.2 Å². The van der Waals surface area contributed by atoms with Crippen molar-refractivity contribution in [3.05, 3.63) is 35.4 Å². The molecule has 1 aliphatic carbocycles. The SMILES string of the molecule is FCCCC[Si]1CCC(C2CCC(CCCCc3ccc(F)c(F)c3)CC2)CC1. The van der Waals surface area contributed by atoms with E-state index in [1.54, 1.807) is 6.07 Å². The zero-order valence-electron chi connectivity index (χ0n) is 17.9. The van der Waals surface area contributed by atoms with Crippen molar-refractivity contribution in [2.75, 3.05) is 6.67 Å². The van der Waals surface area contributed by atoms with Gasteiger partial charge in [-0.2, -0.15) is 0 Å². The molecule has 2 fully saturated rings. The Morgan fingerprint density at radius 3 is 2.21 bits per heavy atom. The molecule has 0 nitrogen and oxygen atoms in total. The first-order chi connectivity index (χ1) is 14.2. The molecule has 0 atom stereocenters. The highest BCUT2D eigenvalue weighted by Crippen LogP contribution is 2.42. The van der Waals surface area contributed by atoms with Gasteiger partial charge in [0.15, 0.2) is 11.6 Å². The molecule has 1 aliphatic heterocycles. The zero-order valence-corrected chi connectivity index (χ0v) is 18.9. The summed E-state index contributed by atoms with van der Waals surface area (Å²) in [7, 11) is -0.155. The van der Waals surface area contributed by atoms with Gasteiger partial charge >= 0.3 is 0 Å². The van der Waals surface area contributed by atoms with Crippen molar-refractivity contribution >= 4 is 8.80 Å². The molecule has 4 heteroatoms. The van der Waals surface area contributed by atoms with Crippen LogP contribution < -0.4 is 0 Å². The first-order valence-electron chi connectivity index (χ1n) is 12.0. The molecule has 1 saturated heterocycles. The monoisotopic (exact) mass is 423 g/mol. The Balaban J connectivity index is 1.26. The van der Waals surface area contributed by atoms with E-state index in [0.29, 0.717) is 0 Å². The Labute approximate surface area is 177 Å². The summed E-state index contributed by atoms with van der Waals surface area (Å²) in [6, 6.07) is 8.60. The first kappa shape index (κ1) is 22.9. The third kappa shape index (κ3) is 7.45. The van der Waals surface area contributed by atoms with Gasteiger partial charge in [0, 0.05) is 8.80 Å². The summed E-state index contributed by atoms with van der Waals surface area (Å²) in [5.41, 5.74) is 0.913. The van der Waals surface area contributed by atoms with E-state index in [9.17, 15) is 13.2 Å². The summed E-state index contributed by atoms with van der Waals surface area (Å²) in [4.78, 5) is 0. The van der Waals surface area contributed by atoms with E-state index < -0.39 is 11.6 Å². The average molecular weight is 424 g/mol. The summed E-state index contributed by atoms with van der Waals surface area (Å²) in [5, 5.41) is 0. The van der Waals surface area contributed by atoms with Crippen LogP contribution in [0.3, 0.4) is 0 Å². The number of rotatable bonds is 10. The molecule has 0 spiro atoms. The third-order valence-electron chi connectivity index (χ3n) is 7.52. The molecule has 0 amide bonds. The molecule has 1 saturated carbocycles. The van der Waals surface area contributed by atoms with Crippen LogP contribution in [0.4, 0.5) is 13.2 Å². The Kier molecular flexibility index (Phi) is 9.61. The minimum atomic E-state index is -0.752. The third-order valence-corrected chi connectivity index (χ3v) is 10.6. The number of benzene rings is 1. The topological polar surface area (TPSA) is 0 Å². The summed E-state index contributed by atoms with van der Waals surface area (Å²) >= 11 is 0. The van der Waals surface area contributed by atoms with E-state index in [1.807, 2.05) is 0 Å². The lowest BCUT2D eigenvalue weighted by atomic mass is 9.73. The Morgan fingerprint density at radius 2 is 1.52 bits per heavy atom. The van der Waals surface area contributed by atoms with Gasteiger partial charge in [0.2, 0.25) is 0 Å². The van der Waals surface area contributed by atoms with Gasteiger partial charge in [-0.05, 0) is 67.6 Å². The number of alkyl halides is 1. The molecule has 3 rings (SSSR count). The summed E-state index contributed by atoms with van der Waals surface area (Å²) in [5.74, 6) is 1.33. The standard InChI is InChI=1S/C25H38F3Si/c26-15-3-4-16-29-17-13-23(14-18-29)22-10-7-20(8-11-22)5-1-2-6-21-9-12-24(27)25(28)19-21/h9,12,19-20,22-23H,1-8,10-11,13-18H2. The van der Waals surface area contributed by atoms with Crippen LogP contribution in [0.5, 0.6) is 0 Å². The van der Waals surface area contributed by atoms with Gasteiger partial charge in [-0.3, -0.25) is 4.39 Å². The van der Waals surface area contributed by atoms with E-state index >= 15 is 0 Å². The van der Waals surface area contributed by atoms with Crippen LogP contribution in [0.1, 0.15) is 76.2 Å². The largest absolute Gasteiger partial charge is 0.251 e. The number of hydrogen-bond donors (Lipinski definition) is 0. The van der Waals surface area contributed by atoms with Crippen LogP contribution in [0.2, 0.25) is 18.1 Å². The molecule has 163 valence electrons. The molecular formula is C25H38F3Si. The minimum Gasteiger partial charge on any atom is -0.251 e. The Morgan fingerprint density at radius 1 is 0.793 bits per heavy atom. The van der Waals surface area contributed by atoms with Gasteiger partial charge in [-0.1, -0.05) is 69.1 Å². The van der Waals surface area contributed by atoms with Gasteiger partial charge in [-0.25, -0.2) is 8.78 Å². The fourth-order valence-corrected chi connectivity index (χ4v) is 8.70. The smallest absolute Gasteiger partial charge is 0.159 e. The predicted octanol–water partition coefficient (Wildman–Crippen LogP) is 8.14. The second-order valence-electron chi connectivity index (χ2n) is 9.51. The van der Waals surface area contributed by atoms with Gasteiger partial charge in [0.1, 0.15) is 0 Å². The highest BCUT2D eigenvalue weighted by molar-refractivity contribution is 6.58. The predicted molar refractivity (Wildman–Crippen MR) is 117 cm³/mol. The molecule has 0 N–H and O–H groups in total. The summed E-state index contributed by atoms with van der Waals surface area (Å²) in [6.45, 7) is -0.133. The zero-order chi connectivity index (χ0) is 20.5. The molecule has 1 radical (unpaired) electrons. The normalized spacial score (nSPS) is 24.1. The molecule has 29 heavy (non-hydrogen) atoms. The summed E-state index contributed by atoms with van der Waals surface area (Å²) in [6.07, 6.45) is 14.8. The Hall–Kier alpha value is -0.773. The van der Waals surface area contributed by atoms with Crippen molar-refractivity contribution in [2.45, 2.75) is 95.2 Å². The molecule has 1 aromatic rings. The quantitative estimate of drug-likeness (QED) is 0.263. The number of unbranched alkanes of at least 4 members (excludes halogenated alkanes) is 2. The van der Waals surface area contributed by atoms with Gasteiger partial charge in [0.05, 0.1) is 6.67 Å². The number of aryl methyl sites for hydroxylation is 1. The van der Waals surface area contributed by atoms with Gasteiger partial charge in [-0.15, -0.1) is 0 Å². The van der Waals surface area contributed by atoms with E-state index in [2.05, 4.69) is 0 Å². The molecule has 1 heterocycles. The second-order valence-corrected chi connectivity index (χ2v) is 12.5. The van der Waals surface area contributed by atoms with E-state index in [4.69, 9.17) is 0 Å². The highest BCUT2D eigenvalue weighted by atomic mass is 28.3. The molecule has 0 bridgehead atoms. The lowest BCUT2D eigenvalue weighted by Gasteiger charge is -2.37. The van der Waals surface area contributed by atoms with Crippen molar-refractivity contribution in [1.29, 1.82) is 0 Å². The van der Waals surface area contributed by atoms with E-state index in [1.165, 1.54) is 81.6 Å². The summed E-state index contributed by atoms with van der Waals surface area (Å²) < 4.78 is 38.5. The van der Waals surface area contributed by atoms with Crippen molar-refractivity contribution in [3.63, 3.8) is 0 Å². The lowest BCUT2D eigenvalue weighted by Crippen LogP contribution is -2.28. The van der Waals surface area contributed by atoms with Crippen LogP contribution in [-0.4, -0.2) is 15.5 Å². The van der Waals surface area contributed by atoms with Gasteiger partial charge < -0.3 is 0 Å². The second kappa shape index (κ2) is 12.2. The van der Waals surface area contributed by atoms with Crippen LogP contribution in [0.25, 0.3) is 0 Å². The fourth-order valence-electron chi connectivity index (χ4n) is 5.64. The molecule has 0 aromatic heterocycles. The number of halogens is 3. The minimum absolute atomic E-state index is 0.133. The van der Waals surface area contributed by atoms with E-state index in [0.717, 1.165) is 49.0 Å². The van der Waals surface area contributed by atoms with Crippen LogP contribution in [0.15, 0.2) is 18.2 Å². The van der Waals surface area contributed by atoms with Crippen LogP contribution in [0, 0.1) is 29.4 Å². The fraction of sp³-hybridized carbons (Fsp3) is 0.760. The molecular weight excluding hydrogens is 385 g/mol. The maximum atomic E-state index is 13.3. The average Bonchev–Trinajstić information content (AvgIpc) is 2.75. The maximum Gasteiger partial charge on any atom is 0.159 e. The van der Waals surface area contributed by atoms with Crippen LogP contribution in [-0.2, 0) is 6.42 Å². The van der Waals surface area contributed by atoms with Crippen molar-refractivity contribution in [3.8, 4) is 0 Å². The molecule has 1 aromatic carbocycles. The molecule has 2 aliphatic rings. The number of hydrogen-bond acceptors (Lipinski definition) is 0. The lowest BCUT2D eigenvalue weighted by molar-refractivity contribution is 0.184. The van der Waals surface area contributed by atoms with Crippen molar-refractivity contribution in [1.82, 2.24) is 0 Å². The first-order valence-corrected chi connectivity index (χ1v) is 14.1. The maximum absolute atomic E-state index is 13.3. The van der Waals surface area contributed by atoms with Gasteiger partial charge in [0.25, 0.3) is 0 Å². The van der Waals surface area contributed by atoms with E-state index in [-0.39, 0.29) is 15.5 Å². The highest BCUT2D eigenvalue weighted by Gasteiger charge is 2.31.